The molecule has 5 nitrogen and oxygen atoms in total. The van der Waals surface area contributed by atoms with Crippen molar-refractivity contribution in [3.8, 4) is 0 Å². The number of aromatic carboxylic acids is 1. The topological polar surface area (TPSA) is 67.2 Å². The van der Waals surface area contributed by atoms with E-state index in [4.69, 9.17) is 5.11 Å². The lowest BCUT2D eigenvalue weighted by molar-refractivity contribution is 0.0697. The SMILES string of the molecule is Cc1c(CNc2c(F)cccc2C(=O)O)cnn1C. The van der Waals surface area contributed by atoms with Crippen LogP contribution >= 0.6 is 0 Å². The molecule has 2 N–H and O–H groups in total. The van der Waals surface area contributed by atoms with Crippen LogP contribution in [0.3, 0.4) is 0 Å². The highest BCUT2D eigenvalue weighted by atomic mass is 19.1. The van der Waals surface area contributed by atoms with E-state index in [2.05, 4.69) is 10.4 Å². The molecule has 0 unspecified atom stereocenters. The summed E-state index contributed by atoms with van der Waals surface area (Å²) in [5.41, 5.74) is 1.75. The number of hydrogen-bond acceptors (Lipinski definition) is 3. The number of hydrogen-bond donors (Lipinski definition) is 2. The van der Waals surface area contributed by atoms with Crippen LogP contribution < -0.4 is 5.32 Å². The molecule has 100 valence electrons. The van der Waals surface area contributed by atoms with E-state index in [9.17, 15) is 9.18 Å². The molecule has 0 saturated carbocycles. The molecule has 2 rings (SSSR count). The van der Waals surface area contributed by atoms with Crippen molar-refractivity contribution in [2.24, 2.45) is 7.05 Å². The lowest BCUT2D eigenvalue weighted by Gasteiger charge is -2.10. The molecule has 0 amide bonds. The zero-order valence-corrected chi connectivity index (χ0v) is 10.6. The summed E-state index contributed by atoms with van der Waals surface area (Å²) >= 11 is 0. The molecular weight excluding hydrogens is 249 g/mol. The summed E-state index contributed by atoms with van der Waals surface area (Å²) in [5.74, 6) is -1.74. The quantitative estimate of drug-likeness (QED) is 0.887. The lowest BCUT2D eigenvalue weighted by Crippen LogP contribution is -2.09. The number of rotatable bonds is 4. The Balaban J connectivity index is 2.24. The van der Waals surface area contributed by atoms with E-state index in [1.807, 2.05) is 14.0 Å². The first-order valence-electron chi connectivity index (χ1n) is 5.74. The zero-order valence-electron chi connectivity index (χ0n) is 10.6. The number of carboxylic acid groups (broad SMARTS) is 1. The number of halogens is 1. The third-order valence-electron chi connectivity index (χ3n) is 3.04. The summed E-state index contributed by atoms with van der Waals surface area (Å²) in [5, 5.41) is 15.9. The Morgan fingerprint density at radius 1 is 1.53 bits per heavy atom. The molecule has 1 aromatic heterocycles. The highest BCUT2D eigenvalue weighted by Gasteiger charge is 2.14. The van der Waals surface area contributed by atoms with Gasteiger partial charge in [-0.2, -0.15) is 5.10 Å². The number of aryl methyl sites for hydroxylation is 1. The predicted molar refractivity (Wildman–Crippen MR) is 68.6 cm³/mol. The van der Waals surface area contributed by atoms with Gasteiger partial charge in [-0.25, -0.2) is 9.18 Å². The maximum Gasteiger partial charge on any atom is 0.337 e. The smallest absolute Gasteiger partial charge is 0.337 e. The van der Waals surface area contributed by atoms with Crippen LogP contribution in [-0.4, -0.2) is 20.9 Å². The van der Waals surface area contributed by atoms with Crippen LogP contribution in [0, 0.1) is 12.7 Å². The zero-order chi connectivity index (χ0) is 14.0. The number of anilines is 1. The average molecular weight is 263 g/mol. The average Bonchev–Trinajstić information content (AvgIpc) is 2.68. The molecule has 1 aromatic carbocycles. The fourth-order valence-corrected chi connectivity index (χ4v) is 1.78. The van der Waals surface area contributed by atoms with Gasteiger partial charge in [-0.3, -0.25) is 4.68 Å². The predicted octanol–water partition coefficient (Wildman–Crippen LogP) is 2.18. The highest BCUT2D eigenvalue weighted by molar-refractivity contribution is 5.94. The van der Waals surface area contributed by atoms with Crippen LogP contribution in [0.4, 0.5) is 10.1 Å². The Kier molecular flexibility index (Phi) is 3.50. The largest absolute Gasteiger partial charge is 0.478 e. The molecule has 0 fully saturated rings. The Labute approximate surface area is 109 Å². The molecule has 0 atom stereocenters. The molecule has 0 saturated heterocycles. The van der Waals surface area contributed by atoms with Gasteiger partial charge in [0.1, 0.15) is 5.82 Å². The van der Waals surface area contributed by atoms with Gasteiger partial charge >= 0.3 is 5.97 Å². The van der Waals surface area contributed by atoms with Gasteiger partial charge in [0.25, 0.3) is 0 Å². The second-order valence-electron chi connectivity index (χ2n) is 4.20. The molecule has 0 spiro atoms. The van der Waals surface area contributed by atoms with Gasteiger partial charge < -0.3 is 10.4 Å². The number of benzene rings is 1. The summed E-state index contributed by atoms with van der Waals surface area (Å²) in [7, 11) is 1.81. The van der Waals surface area contributed by atoms with E-state index >= 15 is 0 Å². The summed E-state index contributed by atoms with van der Waals surface area (Å²) in [4.78, 5) is 11.0. The fourth-order valence-electron chi connectivity index (χ4n) is 1.78. The first-order valence-corrected chi connectivity index (χ1v) is 5.74. The van der Waals surface area contributed by atoms with Crippen molar-refractivity contribution >= 4 is 11.7 Å². The lowest BCUT2D eigenvalue weighted by atomic mass is 10.1. The minimum absolute atomic E-state index is 0.00162. The van der Waals surface area contributed by atoms with E-state index in [0.717, 1.165) is 11.3 Å². The van der Waals surface area contributed by atoms with Gasteiger partial charge in [0.15, 0.2) is 0 Å². The Morgan fingerprint density at radius 2 is 2.26 bits per heavy atom. The van der Waals surface area contributed by atoms with Crippen molar-refractivity contribution in [2.45, 2.75) is 13.5 Å². The molecule has 0 radical (unpaired) electrons. The molecular formula is C13H14FN3O2. The number of para-hydroxylation sites is 1. The molecule has 0 bridgehead atoms. The first kappa shape index (κ1) is 13.1. The highest BCUT2D eigenvalue weighted by Crippen LogP contribution is 2.21. The number of nitrogens with zero attached hydrogens (tertiary/aromatic N) is 2. The fraction of sp³-hybridized carbons (Fsp3) is 0.231. The van der Waals surface area contributed by atoms with Crippen LogP contribution in [0.5, 0.6) is 0 Å². The third kappa shape index (κ3) is 2.57. The third-order valence-corrected chi connectivity index (χ3v) is 3.04. The molecule has 6 heteroatoms. The molecule has 0 aliphatic carbocycles. The molecule has 0 aliphatic rings. The van der Waals surface area contributed by atoms with Crippen LogP contribution in [-0.2, 0) is 13.6 Å². The number of aromatic nitrogens is 2. The minimum atomic E-state index is -1.16. The summed E-state index contributed by atoms with van der Waals surface area (Å²) in [6, 6.07) is 3.97. The maximum atomic E-state index is 13.7. The van der Waals surface area contributed by atoms with Gasteiger partial charge in [-0.1, -0.05) is 6.07 Å². The van der Waals surface area contributed by atoms with Crippen molar-refractivity contribution in [1.82, 2.24) is 9.78 Å². The standard InChI is InChI=1S/C13H14FN3O2/c1-8-9(7-16-17(8)2)6-15-12-10(13(18)19)4-3-5-11(12)14/h3-5,7,15H,6H2,1-2H3,(H,18,19). The first-order chi connectivity index (χ1) is 9.00. The van der Waals surface area contributed by atoms with Crippen molar-refractivity contribution in [3.63, 3.8) is 0 Å². The van der Waals surface area contributed by atoms with Crippen molar-refractivity contribution < 1.29 is 14.3 Å². The monoisotopic (exact) mass is 263 g/mol. The van der Waals surface area contributed by atoms with Gasteiger partial charge in [0, 0.05) is 24.8 Å². The molecule has 19 heavy (non-hydrogen) atoms. The Morgan fingerprint density at radius 3 is 2.84 bits per heavy atom. The van der Waals surface area contributed by atoms with Crippen molar-refractivity contribution in [2.75, 3.05) is 5.32 Å². The van der Waals surface area contributed by atoms with E-state index in [1.54, 1.807) is 10.9 Å². The molecule has 0 aliphatic heterocycles. The normalized spacial score (nSPS) is 10.5. The van der Waals surface area contributed by atoms with E-state index < -0.39 is 11.8 Å². The minimum Gasteiger partial charge on any atom is -0.478 e. The number of carboxylic acids is 1. The van der Waals surface area contributed by atoms with Gasteiger partial charge in [-0.15, -0.1) is 0 Å². The van der Waals surface area contributed by atoms with E-state index in [1.165, 1.54) is 18.2 Å². The van der Waals surface area contributed by atoms with Crippen molar-refractivity contribution in [3.05, 3.63) is 47.0 Å². The van der Waals surface area contributed by atoms with E-state index in [0.29, 0.717) is 6.54 Å². The summed E-state index contributed by atoms with van der Waals surface area (Å²) in [6.07, 6.45) is 1.67. The van der Waals surface area contributed by atoms with Crippen LogP contribution in [0.15, 0.2) is 24.4 Å². The van der Waals surface area contributed by atoms with Gasteiger partial charge in [0.2, 0.25) is 0 Å². The Hall–Kier alpha value is -2.37. The van der Waals surface area contributed by atoms with Crippen LogP contribution in [0.1, 0.15) is 21.6 Å². The number of carbonyl (C=O) groups is 1. The second kappa shape index (κ2) is 5.09. The number of nitrogens with one attached hydrogen (secondary N) is 1. The Bertz CT molecular complexity index is 622. The maximum absolute atomic E-state index is 13.7. The summed E-state index contributed by atoms with van der Waals surface area (Å²) < 4.78 is 15.4. The van der Waals surface area contributed by atoms with Gasteiger partial charge in [-0.05, 0) is 19.1 Å². The second-order valence-corrected chi connectivity index (χ2v) is 4.20. The summed E-state index contributed by atoms with van der Waals surface area (Å²) in [6.45, 7) is 2.21. The molecule has 1 heterocycles. The molecule has 2 aromatic rings. The van der Waals surface area contributed by atoms with Gasteiger partial charge in [0.05, 0.1) is 17.4 Å². The van der Waals surface area contributed by atoms with Crippen molar-refractivity contribution in [1.29, 1.82) is 0 Å². The van der Waals surface area contributed by atoms with E-state index in [-0.39, 0.29) is 11.3 Å². The van der Waals surface area contributed by atoms with Crippen LogP contribution in [0.25, 0.3) is 0 Å². The van der Waals surface area contributed by atoms with Crippen LogP contribution in [0.2, 0.25) is 0 Å².